The fraction of sp³-hybridized carbons (Fsp3) is 0.462. The summed E-state index contributed by atoms with van der Waals surface area (Å²) in [6.45, 7) is 0. The molecule has 0 aliphatic heterocycles. The molecule has 19 heavy (non-hydrogen) atoms. The Labute approximate surface area is 121 Å². The van der Waals surface area contributed by atoms with E-state index in [4.69, 9.17) is 15.6 Å². The van der Waals surface area contributed by atoms with Gasteiger partial charge in [-0.2, -0.15) is 0 Å². The first-order valence-electron chi connectivity index (χ1n) is 5.85. The monoisotopic (exact) mass is 330 g/mol. The number of nitrogens with zero attached hydrogens (tertiary/aromatic N) is 1. The van der Waals surface area contributed by atoms with E-state index in [2.05, 4.69) is 15.9 Å². The lowest BCUT2D eigenvalue weighted by Crippen LogP contribution is -2.35. The number of hydrogen-bond acceptors (Lipinski definition) is 4. The molecule has 0 aromatic heterocycles. The topological polar surface area (TPSA) is 75.8 Å². The molecule has 5 nitrogen and oxygen atoms in total. The number of hydrogen-bond donors (Lipinski definition) is 2. The Balaban J connectivity index is 3.11. The van der Waals surface area contributed by atoms with Crippen molar-refractivity contribution in [3.8, 4) is 5.75 Å². The summed E-state index contributed by atoms with van der Waals surface area (Å²) in [6.07, 6.45) is 0.315. The highest BCUT2D eigenvalue weighted by Crippen LogP contribution is 2.33. The summed E-state index contributed by atoms with van der Waals surface area (Å²) in [6, 6.07) is 4.63. The van der Waals surface area contributed by atoms with Gasteiger partial charge in [-0.05, 0) is 38.7 Å². The normalized spacial score (nSPS) is 14.2. The quantitative estimate of drug-likeness (QED) is 0.832. The number of carboxylic acid groups (broad SMARTS) is 1. The predicted octanol–water partition coefficient (Wildman–Crippen LogP) is 1.86. The third-order valence-electron chi connectivity index (χ3n) is 2.97. The Bertz CT molecular complexity index is 452. The minimum absolute atomic E-state index is 0.126. The summed E-state index contributed by atoms with van der Waals surface area (Å²) in [5.74, 6) is -0.277. The van der Waals surface area contributed by atoms with Crippen LogP contribution in [0.25, 0.3) is 0 Å². The van der Waals surface area contributed by atoms with E-state index >= 15 is 0 Å². The minimum atomic E-state index is -0.999. The van der Waals surface area contributed by atoms with E-state index in [1.54, 1.807) is 7.11 Å². The molecule has 2 atom stereocenters. The second-order valence-electron chi connectivity index (χ2n) is 4.55. The lowest BCUT2D eigenvalue weighted by atomic mass is 9.98. The largest absolute Gasteiger partial charge is 0.496 e. The van der Waals surface area contributed by atoms with Gasteiger partial charge in [-0.25, -0.2) is 0 Å². The number of rotatable bonds is 6. The summed E-state index contributed by atoms with van der Waals surface area (Å²) in [4.78, 5) is 12.9. The highest BCUT2D eigenvalue weighted by molar-refractivity contribution is 9.10. The van der Waals surface area contributed by atoms with Crippen LogP contribution in [0.4, 0.5) is 0 Å². The van der Waals surface area contributed by atoms with E-state index in [0.717, 1.165) is 15.8 Å². The highest BCUT2D eigenvalue weighted by Gasteiger charge is 2.24. The smallest absolute Gasteiger partial charge is 0.320 e. The molecule has 0 saturated carbocycles. The van der Waals surface area contributed by atoms with Gasteiger partial charge in [0.2, 0.25) is 0 Å². The summed E-state index contributed by atoms with van der Waals surface area (Å²) in [5, 5.41) is 8.96. The first-order valence-corrected chi connectivity index (χ1v) is 6.64. The highest BCUT2D eigenvalue weighted by atomic mass is 79.9. The van der Waals surface area contributed by atoms with Crippen molar-refractivity contribution in [2.75, 3.05) is 21.2 Å². The molecule has 0 spiro atoms. The Morgan fingerprint density at radius 2 is 2.16 bits per heavy atom. The van der Waals surface area contributed by atoms with Crippen LogP contribution >= 0.6 is 15.9 Å². The van der Waals surface area contributed by atoms with Gasteiger partial charge in [0.05, 0.1) is 7.11 Å². The van der Waals surface area contributed by atoms with Crippen molar-refractivity contribution in [2.45, 2.75) is 18.5 Å². The van der Waals surface area contributed by atoms with Crippen molar-refractivity contribution in [3.05, 3.63) is 28.2 Å². The van der Waals surface area contributed by atoms with Crippen LogP contribution in [-0.2, 0) is 4.79 Å². The molecule has 0 fully saturated rings. The minimum Gasteiger partial charge on any atom is -0.496 e. The van der Waals surface area contributed by atoms with Crippen LogP contribution in [0.2, 0.25) is 0 Å². The van der Waals surface area contributed by atoms with Gasteiger partial charge in [-0.15, -0.1) is 0 Å². The molecule has 6 heteroatoms. The molecule has 0 amide bonds. The van der Waals surface area contributed by atoms with Crippen LogP contribution in [0.15, 0.2) is 22.7 Å². The molecule has 3 N–H and O–H groups in total. The molecule has 0 aliphatic rings. The van der Waals surface area contributed by atoms with Crippen LogP contribution in [0.3, 0.4) is 0 Å². The van der Waals surface area contributed by atoms with Crippen LogP contribution in [0.5, 0.6) is 5.75 Å². The molecular weight excluding hydrogens is 312 g/mol. The standard InChI is InChI=1S/C13H19BrN2O3/c1-16(2)11(7-10(15)13(17)18)9-6-8(14)4-5-12(9)19-3/h4-6,10-11H,7,15H2,1-3H3,(H,17,18). The SMILES string of the molecule is COc1ccc(Br)cc1C(CC(N)C(=O)O)N(C)C. The van der Waals surface area contributed by atoms with E-state index < -0.39 is 12.0 Å². The number of aliphatic carboxylic acids is 1. The van der Waals surface area contributed by atoms with Gasteiger partial charge in [0, 0.05) is 16.1 Å². The number of carbonyl (C=O) groups is 1. The average Bonchev–Trinajstić information content (AvgIpc) is 2.34. The molecule has 1 aromatic carbocycles. The maximum Gasteiger partial charge on any atom is 0.320 e. The van der Waals surface area contributed by atoms with Gasteiger partial charge < -0.3 is 20.5 Å². The van der Waals surface area contributed by atoms with Gasteiger partial charge in [-0.1, -0.05) is 15.9 Å². The third kappa shape index (κ3) is 4.19. The van der Waals surface area contributed by atoms with E-state index in [-0.39, 0.29) is 6.04 Å². The Kier molecular flexibility index (Phi) is 5.78. The molecule has 1 rings (SSSR count). The van der Waals surface area contributed by atoms with Gasteiger partial charge in [0.1, 0.15) is 11.8 Å². The molecular formula is C13H19BrN2O3. The third-order valence-corrected chi connectivity index (χ3v) is 3.46. The van der Waals surface area contributed by atoms with Crippen LogP contribution in [0, 0.1) is 0 Å². The van der Waals surface area contributed by atoms with E-state index in [1.807, 2.05) is 37.2 Å². The molecule has 0 saturated heterocycles. The molecule has 0 heterocycles. The molecule has 1 aromatic rings. The Morgan fingerprint density at radius 1 is 1.53 bits per heavy atom. The first-order chi connectivity index (χ1) is 8.86. The zero-order chi connectivity index (χ0) is 14.6. The van der Waals surface area contributed by atoms with Gasteiger partial charge in [0.25, 0.3) is 0 Å². The Morgan fingerprint density at radius 3 is 2.63 bits per heavy atom. The van der Waals surface area contributed by atoms with Crippen molar-refractivity contribution >= 4 is 21.9 Å². The van der Waals surface area contributed by atoms with Gasteiger partial charge >= 0.3 is 5.97 Å². The number of halogens is 1. The zero-order valence-electron chi connectivity index (χ0n) is 11.3. The van der Waals surface area contributed by atoms with Crippen LogP contribution in [-0.4, -0.2) is 43.2 Å². The number of nitrogens with two attached hydrogens (primary N) is 1. The van der Waals surface area contributed by atoms with Crippen LogP contribution in [0.1, 0.15) is 18.0 Å². The molecule has 0 bridgehead atoms. The molecule has 0 aliphatic carbocycles. The van der Waals surface area contributed by atoms with Crippen molar-refractivity contribution in [3.63, 3.8) is 0 Å². The summed E-state index contributed by atoms with van der Waals surface area (Å²) in [5.41, 5.74) is 6.56. The zero-order valence-corrected chi connectivity index (χ0v) is 12.8. The number of ether oxygens (including phenoxy) is 1. The first kappa shape index (κ1) is 15.9. The summed E-state index contributed by atoms with van der Waals surface area (Å²) in [7, 11) is 5.37. The fourth-order valence-electron chi connectivity index (χ4n) is 1.92. The Hall–Kier alpha value is -1.11. The van der Waals surface area contributed by atoms with Gasteiger partial charge in [-0.3, -0.25) is 4.79 Å². The lowest BCUT2D eigenvalue weighted by Gasteiger charge is -2.27. The van der Waals surface area contributed by atoms with Crippen LogP contribution < -0.4 is 10.5 Å². The van der Waals surface area contributed by atoms with E-state index in [1.165, 1.54) is 0 Å². The predicted molar refractivity (Wildman–Crippen MR) is 77.4 cm³/mol. The van der Waals surface area contributed by atoms with Crippen molar-refractivity contribution in [1.82, 2.24) is 4.90 Å². The summed E-state index contributed by atoms with van der Waals surface area (Å²) >= 11 is 3.42. The second kappa shape index (κ2) is 6.88. The molecule has 0 radical (unpaired) electrons. The number of methoxy groups -OCH3 is 1. The number of carboxylic acids is 1. The maximum absolute atomic E-state index is 10.9. The maximum atomic E-state index is 10.9. The summed E-state index contributed by atoms with van der Waals surface area (Å²) < 4.78 is 6.25. The fourth-order valence-corrected chi connectivity index (χ4v) is 2.30. The molecule has 106 valence electrons. The van der Waals surface area contributed by atoms with Crippen molar-refractivity contribution < 1.29 is 14.6 Å². The van der Waals surface area contributed by atoms with Crippen molar-refractivity contribution in [2.24, 2.45) is 5.73 Å². The number of benzene rings is 1. The van der Waals surface area contributed by atoms with E-state index in [0.29, 0.717) is 6.42 Å². The lowest BCUT2D eigenvalue weighted by molar-refractivity contribution is -0.139. The molecule has 2 unspecified atom stereocenters. The van der Waals surface area contributed by atoms with E-state index in [9.17, 15) is 4.79 Å². The second-order valence-corrected chi connectivity index (χ2v) is 5.46. The average molecular weight is 331 g/mol. The van der Waals surface area contributed by atoms with Gasteiger partial charge in [0.15, 0.2) is 0 Å². The van der Waals surface area contributed by atoms with Crippen molar-refractivity contribution in [1.29, 1.82) is 0 Å².